The molecule has 0 unspecified atom stereocenters. The maximum Gasteiger partial charge on any atom is 0.318 e. The highest BCUT2D eigenvalue weighted by Crippen LogP contribution is 2.23. The minimum atomic E-state index is -0.818. The minimum absolute atomic E-state index is 0.353. The maximum atomic E-state index is 11.4. The largest absolute Gasteiger partial charge is 0.351 e. The van der Waals surface area contributed by atoms with Gasteiger partial charge in [0.25, 0.3) is 0 Å². The van der Waals surface area contributed by atoms with Gasteiger partial charge in [0.05, 0.1) is 5.25 Å². The van der Waals surface area contributed by atoms with Crippen LogP contribution in [0.4, 0.5) is 4.79 Å². The molecule has 0 heterocycles. The molecule has 3 amide bonds. The molecule has 0 aliphatic carbocycles. The molecule has 0 aliphatic rings. The summed E-state index contributed by atoms with van der Waals surface area (Å²) in [5.41, 5.74) is 6.00. The Balaban J connectivity index is 2.60. The second-order valence-corrected chi connectivity index (χ2v) is 4.84. The van der Waals surface area contributed by atoms with Crippen molar-refractivity contribution in [1.82, 2.24) is 5.32 Å². The topological polar surface area (TPSA) is 72.2 Å². The van der Waals surface area contributed by atoms with Gasteiger partial charge in [-0.2, -0.15) is 0 Å². The number of nitrogens with one attached hydrogen (secondary N) is 1. The molecule has 0 bridgehead atoms. The molecule has 5 heteroatoms. The lowest BCUT2D eigenvalue weighted by Crippen LogP contribution is -2.39. The Morgan fingerprint density at radius 3 is 2.69 bits per heavy atom. The molecule has 0 spiro atoms. The third-order valence-corrected chi connectivity index (χ3v) is 3.01. The summed E-state index contributed by atoms with van der Waals surface area (Å²) in [6.07, 6.45) is 0. The van der Waals surface area contributed by atoms with Gasteiger partial charge in [-0.05, 0) is 26.0 Å². The van der Waals surface area contributed by atoms with Gasteiger partial charge in [-0.3, -0.25) is 10.1 Å². The average molecular weight is 238 g/mol. The second kappa shape index (κ2) is 5.55. The van der Waals surface area contributed by atoms with Crippen LogP contribution in [0.25, 0.3) is 0 Å². The zero-order valence-electron chi connectivity index (χ0n) is 9.19. The highest BCUT2D eigenvalue weighted by Gasteiger charge is 2.15. The molecule has 0 fully saturated rings. The van der Waals surface area contributed by atoms with Gasteiger partial charge >= 0.3 is 6.03 Å². The first-order valence-electron chi connectivity index (χ1n) is 4.82. The lowest BCUT2D eigenvalue weighted by Gasteiger charge is -2.10. The van der Waals surface area contributed by atoms with Crippen LogP contribution in [0, 0.1) is 6.92 Å². The molecule has 0 radical (unpaired) electrons. The SMILES string of the molecule is Cc1cccc(S[C@H](C)C(=O)NC(N)=O)c1. The Labute approximate surface area is 98.6 Å². The number of nitrogens with two attached hydrogens (primary N) is 1. The fourth-order valence-corrected chi connectivity index (χ4v) is 2.15. The molecule has 1 rings (SSSR count). The van der Waals surface area contributed by atoms with E-state index in [4.69, 9.17) is 5.73 Å². The van der Waals surface area contributed by atoms with Gasteiger partial charge in [0.2, 0.25) is 5.91 Å². The molecule has 0 aliphatic heterocycles. The van der Waals surface area contributed by atoms with Crippen molar-refractivity contribution in [2.24, 2.45) is 5.73 Å². The summed E-state index contributed by atoms with van der Waals surface area (Å²) in [6, 6.07) is 7.00. The molecule has 0 aromatic heterocycles. The maximum absolute atomic E-state index is 11.4. The van der Waals surface area contributed by atoms with Crippen molar-refractivity contribution >= 4 is 23.7 Å². The number of primary amides is 1. The number of urea groups is 1. The van der Waals surface area contributed by atoms with Gasteiger partial charge < -0.3 is 5.73 Å². The first kappa shape index (κ1) is 12.6. The van der Waals surface area contributed by atoms with Gasteiger partial charge in [0, 0.05) is 4.90 Å². The van der Waals surface area contributed by atoms with Crippen LogP contribution in [0.15, 0.2) is 29.2 Å². The van der Waals surface area contributed by atoms with Crippen LogP contribution in [0.3, 0.4) is 0 Å². The summed E-state index contributed by atoms with van der Waals surface area (Å²) in [5, 5.41) is 1.70. The fraction of sp³-hybridized carbons (Fsp3) is 0.273. The predicted octanol–water partition coefficient (Wildman–Crippen LogP) is 1.67. The predicted molar refractivity (Wildman–Crippen MR) is 64.2 cm³/mol. The first-order chi connectivity index (χ1) is 7.49. The van der Waals surface area contributed by atoms with Crippen molar-refractivity contribution in [3.63, 3.8) is 0 Å². The molecule has 86 valence electrons. The van der Waals surface area contributed by atoms with Gasteiger partial charge in [-0.1, -0.05) is 17.7 Å². The Morgan fingerprint density at radius 2 is 2.12 bits per heavy atom. The number of thioether (sulfide) groups is 1. The average Bonchev–Trinajstić information content (AvgIpc) is 2.16. The quantitative estimate of drug-likeness (QED) is 0.787. The van der Waals surface area contributed by atoms with Crippen molar-refractivity contribution in [1.29, 1.82) is 0 Å². The van der Waals surface area contributed by atoms with Crippen LogP contribution in [-0.2, 0) is 4.79 Å². The van der Waals surface area contributed by atoms with E-state index in [2.05, 4.69) is 5.32 Å². The highest BCUT2D eigenvalue weighted by molar-refractivity contribution is 8.00. The Morgan fingerprint density at radius 1 is 1.44 bits per heavy atom. The Hall–Kier alpha value is -1.49. The van der Waals surface area contributed by atoms with E-state index < -0.39 is 6.03 Å². The third-order valence-electron chi connectivity index (χ3n) is 1.92. The van der Waals surface area contributed by atoms with Gasteiger partial charge in [-0.25, -0.2) is 4.79 Å². The van der Waals surface area contributed by atoms with Gasteiger partial charge in [0.1, 0.15) is 0 Å². The number of hydrogen-bond acceptors (Lipinski definition) is 3. The van der Waals surface area contributed by atoms with Crippen LogP contribution in [-0.4, -0.2) is 17.2 Å². The second-order valence-electron chi connectivity index (χ2n) is 3.43. The van der Waals surface area contributed by atoms with E-state index in [-0.39, 0.29) is 11.2 Å². The van der Waals surface area contributed by atoms with Crippen molar-refractivity contribution in [3.8, 4) is 0 Å². The summed E-state index contributed by atoms with van der Waals surface area (Å²) in [5.74, 6) is -0.376. The monoisotopic (exact) mass is 238 g/mol. The first-order valence-corrected chi connectivity index (χ1v) is 5.70. The molecule has 4 nitrogen and oxygen atoms in total. The normalized spacial score (nSPS) is 11.9. The zero-order valence-corrected chi connectivity index (χ0v) is 10.0. The van der Waals surface area contributed by atoms with Crippen LogP contribution < -0.4 is 11.1 Å². The minimum Gasteiger partial charge on any atom is -0.351 e. The lowest BCUT2D eigenvalue weighted by molar-refractivity contribution is -0.119. The summed E-state index contributed by atoms with van der Waals surface area (Å²) >= 11 is 1.39. The molecular formula is C11H14N2O2S. The fourth-order valence-electron chi connectivity index (χ4n) is 1.17. The molecule has 0 saturated carbocycles. The smallest absolute Gasteiger partial charge is 0.318 e. The Bertz CT molecular complexity index is 407. The summed E-state index contributed by atoms with van der Waals surface area (Å²) < 4.78 is 0. The van der Waals surface area contributed by atoms with E-state index in [1.54, 1.807) is 6.92 Å². The van der Waals surface area contributed by atoms with Crippen molar-refractivity contribution < 1.29 is 9.59 Å². The standard InChI is InChI=1S/C11H14N2O2S/c1-7-4-3-5-9(6-7)16-8(2)10(14)13-11(12)15/h3-6,8H,1-2H3,(H3,12,13,14,15)/t8-/m1/s1. The van der Waals surface area contributed by atoms with Gasteiger partial charge in [0.15, 0.2) is 0 Å². The van der Waals surface area contributed by atoms with Crippen LogP contribution in [0.1, 0.15) is 12.5 Å². The molecule has 1 aromatic carbocycles. The Kier molecular flexibility index (Phi) is 4.37. The van der Waals surface area contributed by atoms with Crippen molar-refractivity contribution in [2.75, 3.05) is 0 Å². The van der Waals surface area contributed by atoms with Crippen LogP contribution >= 0.6 is 11.8 Å². The van der Waals surface area contributed by atoms with Crippen molar-refractivity contribution in [2.45, 2.75) is 24.0 Å². The van der Waals surface area contributed by atoms with E-state index in [0.717, 1.165) is 10.5 Å². The number of carbonyl (C=O) groups excluding carboxylic acids is 2. The van der Waals surface area contributed by atoms with Crippen LogP contribution in [0.5, 0.6) is 0 Å². The molecule has 1 atom stereocenters. The zero-order chi connectivity index (χ0) is 12.1. The number of rotatable bonds is 3. The molecular weight excluding hydrogens is 224 g/mol. The molecule has 16 heavy (non-hydrogen) atoms. The molecule has 3 N–H and O–H groups in total. The number of amides is 3. The number of aryl methyl sites for hydroxylation is 1. The van der Waals surface area contributed by atoms with E-state index in [1.165, 1.54) is 11.8 Å². The number of carbonyl (C=O) groups is 2. The van der Waals surface area contributed by atoms with Crippen molar-refractivity contribution in [3.05, 3.63) is 29.8 Å². The van der Waals surface area contributed by atoms with E-state index in [1.807, 2.05) is 31.2 Å². The van der Waals surface area contributed by atoms with E-state index in [0.29, 0.717) is 0 Å². The molecule has 1 aromatic rings. The summed E-state index contributed by atoms with van der Waals surface area (Å²) in [7, 11) is 0. The van der Waals surface area contributed by atoms with E-state index in [9.17, 15) is 9.59 Å². The summed E-state index contributed by atoms with van der Waals surface area (Å²) in [6.45, 7) is 3.71. The number of imide groups is 1. The lowest BCUT2D eigenvalue weighted by atomic mass is 10.2. The van der Waals surface area contributed by atoms with E-state index >= 15 is 0 Å². The number of hydrogen-bond donors (Lipinski definition) is 2. The number of benzene rings is 1. The third kappa shape index (κ3) is 3.94. The molecule has 0 saturated heterocycles. The van der Waals surface area contributed by atoms with Crippen LogP contribution in [0.2, 0.25) is 0 Å². The van der Waals surface area contributed by atoms with Gasteiger partial charge in [-0.15, -0.1) is 11.8 Å². The summed E-state index contributed by atoms with van der Waals surface area (Å²) in [4.78, 5) is 22.9. The highest BCUT2D eigenvalue weighted by atomic mass is 32.2.